The van der Waals surface area contributed by atoms with Crippen LogP contribution in [0.4, 0.5) is 5.69 Å². The number of aromatic nitrogens is 2. The monoisotopic (exact) mass is 387 g/mol. The Balaban J connectivity index is 1.87. The van der Waals surface area contributed by atoms with E-state index in [-0.39, 0.29) is 16.6 Å². The van der Waals surface area contributed by atoms with Crippen molar-refractivity contribution in [3.8, 4) is 22.9 Å². The van der Waals surface area contributed by atoms with E-state index in [4.69, 9.17) is 25.6 Å². The Hall–Kier alpha value is -3.39. The van der Waals surface area contributed by atoms with Gasteiger partial charge in [0.1, 0.15) is 16.5 Å². The highest BCUT2D eigenvalue weighted by Gasteiger charge is 2.16. The number of benzene rings is 2. The lowest BCUT2D eigenvalue weighted by molar-refractivity contribution is -0.384. The van der Waals surface area contributed by atoms with Crippen molar-refractivity contribution < 1.29 is 18.9 Å². The fraction of sp³-hybridized carbons (Fsp3) is 0.111. The number of non-ortho nitro benzene ring substituents is 1. The highest BCUT2D eigenvalue weighted by Crippen LogP contribution is 2.32. The number of rotatable bonds is 6. The SMILES string of the molecule is COc1ccc(-c2noc(/C(Cl)=C/c3ccc([N+](=O)[O-])cc3)n2)c(OC)c1. The number of ether oxygens (including phenoxy) is 2. The van der Waals surface area contributed by atoms with Crippen LogP contribution in [0.5, 0.6) is 11.5 Å². The maximum atomic E-state index is 10.7. The van der Waals surface area contributed by atoms with Crippen molar-refractivity contribution >= 4 is 28.4 Å². The van der Waals surface area contributed by atoms with Gasteiger partial charge in [0.05, 0.1) is 24.7 Å². The Labute approximate surface area is 159 Å². The Bertz CT molecular complexity index is 998. The minimum absolute atomic E-state index is 0.00468. The molecule has 8 nitrogen and oxygen atoms in total. The van der Waals surface area contributed by atoms with Gasteiger partial charge in [0, 0.05) is 18.2 Å². The summed E-state index contributed by atoms with van der Waals surface area (Å²) in [5.74, 6) is 1.58. The first kappa shape index (κ1) is 18.4. The topological polar surface area (TPSA) is 101 Å². The molecule has 0 amide bonds. The number of halogens is 1. The van der Waals surface area contributed by atoms with Crippen LogP contribution in [0.3, 0.4) is 0 Å². The number of nitro benzene ring substituents is 1. The molecule has 0 spiro atoms. The van der Waals surface area contributed by atoms with Crippen molar-refractivity contribution in [2.75, 3.05) is 14.2 Å². The molecule has 138 valence electrons. The quantitative estimate of drug-likeness (QED) is 0.456. The van der Waals surface area contributed by atoms with E-state index in [9.17, 15) is 10.1 Å². The standard InChI is InChI=1S/C18H14ClN3O5/c1-25-13-7-8-14(16(10-13)26-2)17-20-18(27-21-17)15(19)9-11-3-5-12(6-4-11)22(23)24/h3-10H,1-2H3/b15-9-. The highest BCUT2D eigenvalue weighted by atomic mass is 35.5. The van der Waals surface area contributed by atoms with Crippen LogP contribution < -0.4 is 9.47 Å². The van der Waals surface area contributed by atoms with E-state index in [2.05, 4.69) is 10.1 Å². The predicted octanol–water partition coefficient (Wildman–Crippen LogP) is 4.40. The van der Waals surface area contributed by atoms with E-state index in [1.54, 1.807) is 43.5 Å². The summed E-state index contributed by atoms with van der Waals surface area (Å²) in [6.45, 7) is 0. The van der Waals surface area contributed by atoms with Crippen LogP contribution in [0.1, 0.15) is 11.5 Å². The van der Waals surface area contributed by atoms with Crippen molar-refractivity contribution in [3.63, 3.8) is 0 Å². The van der Waals surface area contributed by atoms with E-state index in [1.807, 2.05) is 0 Å². The van der Waals surface area contributed by atoms with Gasteiger partial charge >= 0.3 is 0 Å². The third-order valence-electron chi connectivity index (χ3n) is 3.68. The van der Waals surface area contributed by atoms with Gasteiger partial charge in [-0.25, -0.2) is 0 Å². The molecule has 0 saturated carbocycles. The minimum Gasteiger partial charge on any atom is -0.497 e. The van der Waals surface area contributed by atoms with E-state index in [0.29, 0.717) is 28.5 Å². The van der Waals surface area contributed by atoms with E-state index < -0.39 is 4.92 Å². The molecule has 2 aromatic carbocycles. The third-order valence-corrected chi connectivity index (χ3v) is 3.95. The van der Waals surface area contributed by atoms with Gasteiger partial charge in [0.15, 0.2) is 0 Å². The predicted molar refractivity (Wildman–Crippen MR) is 99.7 cm³/mol. The lowest BCUT2D eigenvalue weighted by Crippen LogP contribution is -1.91. The van der Waals surface area contributed by atoms with Gasteiger partial charge in [-0.2, -0.15) is 4.98 Å². The fourth-order valence-corrected chi connectivity index (χ4v) is 2.52. The third kappa shape index (κ3) is 4.06. The molecule has 0 fully saturated rings. The molecule has 0 saturated heterocycles. The van der Waals surface area contributed by atoms with Crippen LogP contribution in [-0.4, -0.2) is 29.3 Å². The zero-order chi connectivity index (χ0) is 19.4. The van der Waals surface area contributed by atoms with Crippen LogP contribution in [0.25, 0.3) is 22.5 Å². The molecule has 1 aromatic heterocycles. The molecule has 1 heterocycles. The fourth-order valence-electron chi connectivity index (χ4n) is 2.31. The molecule has 0 aliphatic rings. The first-order valence-electron chi connectivity index (χ1n) is 7.70. The molecule has 0 bridgehead atoms. The molecule has 27 heavy (non-hydrogen) atoms. The summed E-state index contributed by atoms with van der Waals surface area (Å²) >= 11 is 6.24. The van der Waals surface area contributed by atoms with Gasteiger partial charge in [0.25, 0.3) is 11.6 Å². The van der Waals surface area contributed by atoms with Crippen LogP contribution in [0.15, 0.2) is 47.0 Å². The summed E-state index contributed by atoms with van der Waals surface area (Å²) in [6, 6.07) is 11.1. The molecule has 0 N–H and O–H groups in total. The molecule has 3 aromatic rings. The number of methoxy groups -OCH3 is 2. The van der Waals surface area contributed by atoms with Crippen LogP contribution in [-0.2, 0) is 0 Å². The second-order valence-corrected chi connectivity index (χ2v) is 5.74. The number of hydrogen-bond donors (Lipinski definition) is 0. The minimum atomic E-state index is -0.471. The molecule has 9 heteroatoms. The van der Waals surface area contributed by atoms with Crippen molar-refractivity contribution in [3.05, 3.63) is 64.0 Å². The second kappa shape index (κ2) is 7.88. The summed E-state index contributed by atoms with van der Waals surface area (Å²) in [4.78, 5) is 14.5. The van der Waals surface area contributed by atoms with Gasteiger partial charge < -0.3 is 14.0 Å². The summed E-state index contributed by atoms with van der Waals surface area (Å²) in [5, 5.41) is 14.8. The molecule has 0 aliphatic carbocycles. The largest absolute Gasteiger partial charge is 0.497 e. The van der Waals surface area contributed by atoms with Gasteiger partial charge in [-0.3, -0.25) is 10.1 Å². The van der Waals surface area contributed by atoms with Crippen LogP contribution in [0.2, 0.25) is 0 Å². The smallest absolute Gasteiger partial charge is 0.269 e. The Kier molecular flexibility index (Phi) is 5.37. The Morgan fingerprint density at radius 3 is 2.56 bits per heavy atom. The van der Waals surface area contributed by atoms with Crippen molar-refractivity contribution in [1.82, 2.24) is 10.1 Å². The number of nitro groups is 1. The average Bonchev–Trinajstić information content (AvgIpc) is 3.18. The maximum absolute atomic E-state index is 10.7. The second-order valence-electron chi connectivity index (χ2n) is 5.33. The van der Waals surface area contributed by atoms with E-state index >= 15 is 0 Å². The summed E-state index contributed by atoms with van der Waals surface area (Å²) in [5.41, 5.74) is 1.27. The van der Waals surface area contributed by atoms with Crippen molar-refractivity contribution in [1.29, 1.82) is 0 Å². The van der Waals surface area contributed by atoms with Crippen molar-refractivity contribution in [2.45, 2.75) is 0 Å². The molecular formula is C18H14ClN3O5. The molecule has 3 rings (SSSR count). The van der Waals surface area contributed by atoms with Gasteiger partial charge in [-0.15, -0.1) is 0 Å². The molecule has 0 unspecified atom stereocenters. The zero-order valence-corrected chi connectivity index (χ0v) is 15.1. The Morgan fingerprint density at radius 1 is 1.19 bits per heavy atom. The highest BCUT2D eigenvalue weighted by molar-refractivity contribution is 6.50. The van der Waals surface area contributed by atoms with E-state index in [0.717, 1.165) is 0 Å². The van der Waals surface area contributed by atoms with E-state index in [1.165, 1.54) is 19.2 Å². The first-order valence-corrected chi connectivity index (χ1v) is 8.07. The van der Waals surface area contributed by atoms with Crippen LogP contribution in [0, 0.1) is 10.1 Å². The first-order chi connectivity index (χ1) is 13.0. The molecular weight excluding hydrogens is 374 g/mol. The molecule has 0 radical (unpaired) electrons. The summed E-state index contributed by atoms with van der Waals surface area (Å²) in [6.07, 6.45) is 1.58. The summed E-state index contributed by atoms with van der Waals surface area (Å²) < 4.78 is 15.7. The lowest BCUT2D eigenvalue weighted by atomic mass is 10.2. The number of nitrogens with zero attached hydrogens (tertiary/aromatic N) is 3. The number of hydrogen-bond acceptors (Lipinski definition) is 7. The van der Waals surface area contributed by atoms with Crippen molar-refractivity contribution in [2.24, 2.45) is 0 Å². The maximum Gasteiger partial charge on any atom is 0.269 e. The normalized spacial score (nSPS) is 11.3. The zero-order valence-electron chi connectivity index (χ0n) is 14.4. The van der Waals surface area contributed by atoms with Gasteiger partial charge in [0.2, 0.25) is 5.82 Å². The lowest BCUT2D eigenvalue weighted by Gasteiger charge is -2.07. The average molecular weight is 388 g/mol. The summed E-state index contributed by atoms with van der Waals surface area (Å²) in [7, 11) is 3.09. The van der Waals surface area contributed by atoms with Crippen LogP contribution >= 0.6 is 11.6 Å². The van der Waals surface area contributed by atoms with Gasteiger partial charge in [-0.1, -0.05) is 16.8 Å². The van der Waals surface area contributed by atoms with Gasteiger partial charge in [-0.05, 0) is 35.9 Å². The Morgan fingerprint density at radius 2 is 1.93 bits per heavy atom. The molecule has 0 aliphatic heterocycles. The molecule has 0 atom stereocenters.